The fraction of sp³-hybridized carbons (Fsp3) is 0.276. The van der Waals surface area contributed by atoms with Gasteiger partial charge in [-0.15, -0.1) is 0 Å². The number of carboxylic acid groups (broad SMARTS) is 1. The van der Waals surface area contributed by atoms with E-state index in [1.807, 2.05) is 19.9 Å². The Balaban J connectivity index is 1.46. The van der Waals surface area contributed by atoms with Crippen LogP contribution in [-0.4, -0.2) is 28.0 Å². The molecule has 4 aromatic rings. The topological polar surface area (TPSA) is 91.3 Å². The molecule has 6 nitrogen and oxygen atoms in total. The van der Waals surface area contributed by atoms with Gasteiger partial charge in [0, 0.05) is 5.56 Å². The van der Waals surface area contributed by atoms with E-state index in [2.05, 4.69) is 41.6 Å². The van der Waals surface area contributed by atoms with Crippen LogP contribution in [0, 0.1) is 11.7 Å². The number of carbonyl (C=O) groups is 2. The van der Waals surface area contributed by atoms with Crippen molar-refractivity contribution in [3.63, 3.8) is 0 Å². The van der Waals surface area contributed by atoms with E-state index in [4.69, 9.17) is 0 Å². The number of carbonyl (C=O) groups excluding carboxylic acids is 1. The first-order valence-electron chi connectivity index (χ1n) is 12.2. The first kappa shape index (κ1) is 26.3. The number of benzene rings is 3. The quantitative estimate of drug-likeness (QED) is 0.218. The van der Waals surface area contributed by atoms with Crippen molar-refractivity contribution in [3.8, 4) is 11.1 Å². The molecule has 3 aromatic carbocycles. The zero-order valence-corrected chi connectivity index (χ0v) is 22.0. The van der Waals surface area contributed by atoms with Gasteiger partial charge in [0.25, 0.3) is 5.91 Å². The van der Waals surface area contributed by atoms with Gasteiger partial charge in [0.05, 0.1) is 15.9 Å². The second-order valence-electron chi connectivity index (χ2n) is 9.79. The van der Waals surface area contributed by atoms with Gasteiger partial charge < -0.3 is 15.7 Å². The number of carboxylic acids is 1. The molecular weight excluding hydrogens is 489 g/mol. The van der Waals surface area contributed by atoms with E-state index in [0.717, 1.165) is 15.8 Å². The molecule has 37 heavy (non-hydrogen) atoms. The number of amides is 1. The maximum atomic E-state index is 15.0. The third-order valence-corrected chi connectivity index (χ3v) is 7.01. The van der Waals surface area contributed by atoms with Gasteiger partial charge in [-0.05, 0) is 71.3 Å². The lowest BCUT2D eigenvalue weighted by Gasteiger charge is -2.16. The minimum Gasteiger partial charge on any atom is -0.480 e. The second-order valence-corrected chi connectivity index (χ2v) is 10.8. The van der Waals surface area contributed by atoms with Crippen molar-refractivity contribution in [3.05, 3.63) is 77.6 Å². The van der Waals surface area contributed by atoms with E-state index in [0.29, 0.717) is 34.3 Å². The van der Waals surface area contributed by atoms with Crippen LogP contribution < -0.4 is 10.6 Å². The first-order valence-corrected chi connectivity index (χ1v) is 13.0. The Hall–Kier alpha value is -3.78. The van der Waals surface area contributed by atoms with Gasteiger partial charge in [-0.2, -0.15) is 0 Å². The summed E-state index contributed by atoms with van der Waals surface area (Å²) in [7, 11) is 0. The van der Waals surface area contributed by atoms with Crippen molar-refractivity contribution >= 4 is 44.2 Å². The number of aliphatic carboxylic acids is 1. The minimum atomic E-state index is -1.06. The summed E-state index contributed by atoms with van der Waals surface area (Å²) in [5, 5.41) is 15.6. The van der Waals surface area contributed by atoms with Crippen molar-refractivity contribution in [1.29, 1.82) is 0 Å². The Kier molecular flexibility index (Phi) is 7.88. The number of thiazole rings is 1. The SMILES string of the molecule is CC(C)C[C@H](NC(=O)c1ccc(-c2ccc(Nc3nc4ccc(C(C)C)cc4s3)c(F)c2)cc1)C(=O)O. The fourth-order valence-electron chi connectivity index (χ4n) is 4.01. The third kappa shape index (κ3) is 6.32. The largest absolute Gasteiger partial charge is 0.480 e. The van der Waals surface area contributed by atoms with Gasteiger partial charge in [0.1, 0.15) is 11.9 Å². The fourth-order valence-corrected chi connectivity index (χ4v) is 4.94. The van der Waals surface area contributed by atoms with E-state index in [9.17, 15) is 19.1 Å². The van der Waals surface area contributed by atoms with Crippen LogP contribution in [0.5, 0.6) is 0 Å². The number of halogens is 1. The van der Waals surface area contributed by atoms with E-state index >= 15 is 0 Å². The average molecular weight is 520 g/mol. The molecule has 1 amide bonds. The highest BCUT2D eigenvalue weighted by molar-refractivity contribution is 7.22. The smallest absolute Gasteiger partial charge is 0.326 e. The molecule has 8 heteroatoms. The summed E-state index contributed by atoms with van der Waals surface area (Å²) in [6, 6.07) is 16.8. The molecule has 0 saturated heterocycles. The number of nitrogens with zero attached hydrogens (tertiary/aromatic N) is 1. The van der Waals surface area contributed by atoms with Gasteiger partial charge in [0.2, 0.25) is 0 Å². The molecule has 1 atom stereocenters. The number of fused-ring (bicyclic) bond motifs is 1. The molecule has 4 rings (SSSR count). The maximum absolute atomic E-state index is 15.0. The Morgan fingerprint density at radius 3 is 2.30 bits per heavy atom. The lowest BCUT2D eigenvalue weighted by atomic mass is 10.0. The standard InChI is InChI=1S/C29H30FN3O3S/c1-16(2)13-25(28(35)36)31-27(34)19-7-5-18(6-8-19)21-10-11-23(22(30)14-21)32-29-33-24-12-9-20(17(3)4)15-26(24)37-29/h5-12,14-17,25H,13H2,1-4H3,(H,31,34)(H,32,33)(H,35,36)/t25-/m0/s1. The third-order valence-electron chi connectivity index (χ3n) is 6.08. The molecule has 192 valence electrons. The van der Waals surface area contributed by atoms with Crippen molar-refractivity contribution in [2.45, 2.75) is 46.1 Å². The molecular formula is C29H30FN3O3S. The predicted octanol–water partition coefficient (Wildman–Crippen LogP) is 7.20. The summed E-state index contributed by atoms with van der Waals surface area (Å²) < 4.78 is 16.0. The van der Waals surface area contributed by atoms with Crippen LogP contribution in [0.15, 0.2) is 60.7 Å². The molecule has 0 radical (unpaired) electrons. The van der Waals surface area contributed by atoms with Crippen molar-refractivity contribution in [2.24, 2.45) is 5.92 Å². The van der Waals surface area contributed by atoms with Gasteiger partial charge >= 0.3 is 5.97 Å². The van der Waals surface area contributed by atoms with Gasteiger partial charge in [-0.1, -0.05) is 63.3 Å². The highest BCUT2D eigenvalue weighted by Crippen LogP contribution is 2.32. The highest BCUT2D eigenvalue weighted by Gasteiger charge is 2.21. The number of nitrogens with one attached hydrogen (secondary N) is 2. The Labute approximate surface area is 219 Å². The number of hydrogen-bond acceptors (Lipinski definition) is 5. The number of aromatic nitrogens is 1. The maximum Gasteiger partial charge on any atom is 0.326 e. The van der Waals surface area contributed by atoms with Crippen molar-refractivity contribution in [2.75, 3.05) is 5.32 Å². The molecule has 3 N–H and O–H groups in total. The minimum absolute atomic E-state index is 0.128. The summed E-state index contributed by atoms with van der Waals surface area (Å²) in [5.74, 6) is -1.39. The monoisotopic (exact) mass is 519 g/mol. The van der Waals surface area contributed by atoms with E-state index < -0.39 is 23.7 Å². The summed E-state index contributed by atoms with van der Waals surface area (Å²) >= 11 is 1.48. The normalized spacial score (nSPS) is 12.2. The highest BCUT2D eigenvalue weighted by atomic mass is 32.1. The van der Waals surface area contributed by atoms with Crippen molar-refractivity contribution < 1.29 is 19.1 Å². The van der Waals surface area contributed by atoms with Gasteiger partial charge in [-0.25, -0.2) is 14.2 Å². The lowest BCUT2D eigenvalue weighted by molar-refractivity contribution is -0.139. The van der Waals surface area contributed by atoms with Gasteiger partial charge in [0.15, 0.2) is 5.13 Å². The van der Waals surface area contributed by atoms with Gasteiger partial charge in [-0.3, -0.25) is 4.79 Å². The average Bonchev–Trinajstić information content (AvgIpc) is 3.26. The first-order chi connectivity index (χ1) is 17.6. The zero-order chi connectivity index (χ0) is 26.7. The molecule has 0 saturated carbocycles. The number of rotatable bonds is 9. The van der Waals surface area contributed by atoms with Crippen LogP contribution >= 0.6 is 11.3 Å². The second kappa shape index (κ2) is 11.1. The van der Waals surface area contributed by atoms with Crippen molar-refractivity contribution in [1.82, 2.24) is 10.3 Å². The molecule has 0 bridgehead atoms. The summed E-state index contributed by atoms with van der Waals surface area (Å²) in [4.78, 5) is 28.5. The summed E-state index contributed by atoms with van der Waals surface area (Å²) in [6.07, 6.45) is 0.342. The molecule has 0 aliphatic carbocycles. The van der Waals surface area contributed by atoms with Crippen LogP contribution in [0.1, 0.15) is 56.0 Å². The Bertz CT molecular complexity index is 1430. The molecule has 1 aromatic heterocycles. The van der Waals surface area contributed by atoms with Crippen LogP contribution in [0.25, 0.3) is 21.3 Å². The van der Waals surface area contributed by atoms with E-state index in [1.165, 1.54) is 23.0 Å². The van der Waals surface area contributed by atoms with Crippen LogP contribution in [0.2, 0.25) is 0 Å². The molecule has 0 aliphatic rings. The molecule has 1 heterocycles. The predicted molar refractivity (Wildman–Crippen MR) is 147 cm³/mol. The molecule has 0 fully saturated rings. The van der Waals surface area contributed by atoms with Crippen LogP contribution in [-0.2, 0) is 4.79 Å². The molecule has 0 unspecified atom stereocenters. The van der Waals surface area contributed by atoms with E-state index in [-0.39, 0.29) is 5.92 Å². The molecule has 0 spiro atoms. The van der Waals surface area contributed by atoms with E-state index in [1.54, 1.807) is 36.4 Å². The molecule has 0 aliphatic heterocycles. The van der Waals surface area contributed by atoms with Crippen LogP contribution in [0.4, 0.5) is 15.2 Å². The Morgan fingerprint density at radius 2 is 1.68 bits per heavy atom. The lowest BCUT2D eigenvalue weighted by Crippen LogP contribution is -2.41. The number of hydrogen-bond donors (Lipinski definition) is 3. The van der Waals surface area contributed by atoms with Crippen LogP contribution in [0.3, 0.4) is 0 Å². The summed E-state index contributed by atoms with van der Waals surface area (Å²) in [5.41, 5.74) is 4.17. The number of anilines is 2. The zero-order valence-electron chi connectivity index (χ0n) is 21.2. The Morgan fingerprint density at radius 1 is 0.973 bits per heavy atom. The summed E-state index contributed by atoms with van der Waals surface area (Å²) in [6.45, 7) is 8.09.